The predicted octanol–water partition coefficient (Wildman–Crippen LogP) is 6.17. The molecular weight excluding hydrogens is 508 g/mol. The third-order valence-corrected chi connectivity index (χ3v) is 9.04. The molecule has 0 saturated heterocycles. The highest BCUT2D eigenvalue weighted by atomic mass is 32.1. The van der Waals surface area contributed by atoms with Crippen LogP contribution in [0.1, 0.15) is 76.7 Å². The summed E-state index contributed by atoms with van der Waals surface area (Å²) in [5.74, 6) is 1.34. The Labute approximate surface area is 235 Å². The third-order valence-electron chi connectivity index (χ3n) is 7.83. The first-order valence-corrected chi connectivity index (χ1v) is 14.6. The molecule has 3 aromatic rings. The molecule has 0 bridgehead atoms. The third kappa shape index (κ3) is 5.75. The number of methoxy groups -OCH3 is 2. The van der Waals surface area contributed by atoms with Crippen molar-refractivity contribution in [3.05, 3.63) is 74.7 Å². The second-order valence-corrected chi connectivity index (χ2v) is 12.7. The number of nitrogens with one attached hydrogen (secondary N) is 1. The number of thiophene rings is 1. The van der Waals surface area contributed by atoms with Crippen LogP contribution in [-0.2, 0) is 36.0 Å². The zero-order valence-electron chi connectivity index (χ0n) is 23.6. The van der Waals surface area contributed by atoms with Crippen molar-refractivity contribution >= 4 is 28.0 Å². The molecule has 1 aromatic heterocycles. The van der Waals surface area contributed by atoms with Crippen molar-refractivity contribution in [1.29, 1.82) is 0 Å². The number of anilines is 1. The number of nitrogens with zero attached hydrogens (tertiary/aromatic N) is 1. The zero-order chi connectivity index (χ0) is 27.7. The molecular formula is C32H38N2O4S. The number of ketones is 1. The highest BCUT2D eigenvalue weighted by Gasteiger charge is 2.28. The van der Waals surface area contributed by atoms with Crippen LogP contribution in [0, 0.1) is 0 Å². The summed E-state index contributed by atoms with van der Waals surface area (Å²) in [5, 5.41) is 3.83. The van der Waals surface area contributed by atoms with Crippen LogP contribution in [0.3, 0.4) is 0 Å². The number of rotatable bonds is 7. The highest BCUT2D eigenvalue weighted by molar-refractivity contribution is 7.17. The van der Waals surface area contributed by atoms with Crippen molar-refractivity contribution in [3.63, 3.8) is 0 Å². The maximum atomic E-state index is 13.8. The summed E-state index contributed by atoms with van der Waals surface area (Å²) in [4.78, 5) is 30.5. The minimum absolute atomic E-state index is 0.00176. The van der Waals surface area contributed by atoms with E-state index < -0.39 is 0 Å². The summed E-state index contributed by atoms with van der Waals surface area (Å²) in [6.45, 7) is 8.21. The monoisotopic (exact) mass is 546 g/mol. The smallest absolute Gasteiger partial charge is 0.239 e. The summed E-state index contributed by atoms with van der Waals surface area (Å²) in [7, 11) is 3.28. The van der Waals surface area contributed by atoms with Crippen molar-refractivity contribution in [2.24, 2.45) is 0 Å². The average Bonchev–Trinajstić information content (AvgIpc) is 3.28. The Hall–Kier alpha value is -3.16. The Morgan fingerprint density at radius 2 is 1.62 bits per heavy atom. The van der Waals surface area contributed by atoms with Crippen LogP contribution >= 0.6 is 11.3 Å². The largest absolute Gasteiger partial charge is 0.493 e. The molecule has 0 radical (unpaired) electrons. The number of carbonyl (C=O) groups excluding carboxylic acids is 2. The summed E-state index contributed by atoms with van der Waals surface area (Å²) in [6, 6.07) is 12.0. The van der Waals surface area contributed by atoms with E-state index in [1.165, 1.54) is 16.0 Å². The minimum atomic E-state index is -0.0883. The highest BCUT2D eigenvalue weighted by Crippen LogP contribution is 2.40. The van der Waals surface area contributed by atoms with Gasteiger partial charge in [-0.2, -0.15) is 0 Å². The number of hydrogen-bond donors (Lipinski definition) is 1. The van der Waals surface area contributed by atoms with Crippen LogP contribution in [0.15, 0.2) is 36.4 Å². The molecule has 1 aliphatic carbocycles. The van der Waals surface area contributed by atoms with Crippen molar-refractivity contribution in [1.82, 2.24) is 4.90 Å². The van der Waals surface area contributed by atoms with Gasteiger partial charge in [-0.25, -0.2) is 0 Å². The lowest BCUT2D eigenvalue weighted by Crippen LogP contribution is -2.37. The minimum Gasteiger partial charge on any atom is -0.493 e. The Morgan fingerprint density at radius 1 is 0.949 bits per heavy atom. The van der Waals surface area contributed by atoms with Gasteiger partial charge in [0.1, 0.15) is 5.00 Å². The number of fused-ring (bicyclic) bond motifs is 2. The Bertz CT molecular complexity index is 1380. The quantitative estimate of drug-likeness (QED) is 0.359. The molecule has 0 fully saturated rings. The maximum absolute atomic E-state index is 13.8. The summed E-state index contributed by atoms with van der Waals surface area (Å²) >= 11 is 1.58. The summed E-state index contributed by atoms with van der Waals surface area (Å²) in [5.41, 5.74) is 6.06. The number of amides is 1. The predicted molar refractivity (Wildman–Crippen MR) is 157 cm³/mol. The van der Waals surface area contributed by atoms with Gasteiger partial charge in [0, 0.05) is 23.5 Å². The first-order valence-electron chi connectivity index (χ1n) is 13.7. The number of ether oxygens (including phenoxy) is 2. The second-order valence-electron chi connectivity index (χ2n) is 11.6. The van der Waals surface area contributed by atoms with Crippen molar-refractivity contribution in [3.8, 4) is 11.5 Å². The molecule has 5 rings (SSSR count). The molecule has 7 heteroatoms. The topological polar surface area (TPSA) is 67.9 Å². The van der Waals surface area contributed by atoms with Crippen LogP contribution in [0.2, 0.25) is 0 Å². The number of benzene rings is 2. The van der Waals surface area contributed by atoms with Crippen molar-refractivity contribution in [2.45, 2.75) is 64.8 Å². The van der Waals surface area contributed by atoms with Crippen LogP contribution < -0.4 is 14.8 Å². The number of hydrogen-bond acceptors (Lipinski definition) is 6. The van der Waals surface area contributed by atoms with Gasteiger partial charge in [-0.05, 0) is 71.9 Å². The van der Waals surface area contributed by atoms with Gasteiger partial charge in [-0.15, -0.1) is 11.3 Å². The second kappa shape index (κ2) is 11.1. The molecule has 1 amide bonds. The van der Waals surface area contributed by atoms with Crippen molar-refractivity contribution < 1.29 is 19.1 Å². The molecule has 0 saturated carbocycles. The molecule has 1 N–H and O–H groups in total. The van der Waals surface area contributed by atoms with Gasteiger partial charge in [0.05, 0.1) is 26.3 Å². The molecule has 6 nitrogen and oxygen atoms in total. The van der Waals surface area contributed by atoms with Crippen LogP contribution in [0.25, 0.3) is 0 Å². The fraction of sp³-hybridized carbons (Fsp3) is 0.438. The molecule has 0 unspecified atom stereocenters. The zero-order valence-corrected chi connectivity index (χ0v) is 24.4. The lowest BCUT2D eigenvalue weighted by Gasteiger charge is -2.29. The number of aryl methyl sites for hydroxylation is 1. The molecule has 2 aliphatic rings. The maximum Gasteiger partial charge on any atom is 0.239 e. The molecule has 2 aromatic carbocycles. The fourth-order valence-corrected chi connectivity index (χ4v) is 6.91. The summed E-state index contributed by atoms with van der Waals surface area (Å²) < 4.78 is 10.9. The first-order chi connectivity index (χ1) is 18.7. The molecule has 206 valence electrons. The van der Waals surface area contributed by atoms with Crippen LogP contribution in [-0.4, -0.2) is 43.9 Å². The standard InChI is InChI=1S/C32H38N2O4S/c1-32(2,3)23-12-10-20(11-13-23)30(36)29-24-8-6-7-9-27(24)39-31(29)33-28(35)19-34-15-14-21-16-25(37-4)26(38-5)17-22(21)18-34/h10-13,16-17H,6-9,14-15,18-19H2,1-5H3,(H,33,35). The lowest BCUT2D eigenvalue weighted by molar-refractivity contribution is -0.117. The molecule has 0 spiro atoms. The van der Waals surface area contributed by atoms with E-state index in [1.54, 1.807) is 25.6 Å². The Morgan fingerprint density at radius 3 is 2.28 bits per heavy atom. The molecule has 2 heterocycles. The first kappa shape index (κ1) is 27.4. The van der Waals surface area contributed by atoms with Crippen LogP contribution in [0.5, 0.6) is 11.5 Å². The van der Waals surface area contributed by atoms with Gasteiger partial charge >= 0.3 is 0 Å². The SMILES string of the molecule is COc1cc2c(cc1OC)CN(CC(=O)Nc1sc3c(c1C(=O)c1ccc(C(C)(C)C)cc1)CCCC3)CC2. The van der Waals surface area contributed by atoms with Crippen LogP contribution in [0.4, 0.5) is 5.00 Å². The van der Waals surface area contributed by atoms with Crippen molar-refractivity contribution in [2.75, 3.05) is 32.6 Å². The van der Waals surface area contributed by atoms with E-state index in [-0.39, 0.29) is 23.7 Å². The average molecular weight is 547 g/mol. The van der Waals surface area contributed by atoms with Gasteiger partial charge in [-0.1, -0.05) is 45.0 Å². The Balaban J connectivity index is 1.34. The van der Waals surface area contributed by atoms with E-state index in [0.717, 1.165) is 55.5 Å². The van der Waals surface area contributed by atoms with Gasteiger partial charge < -0.3 is 14.8 Å². The van der Waals surface area contributed by atoms with Gasteiger partial charge in [0.15, 0.2) is 17.3 Å². The van der Waals surface area contributed by atoms with Gasteiger partial charge in [-0.3, -0.25) is 14.5 Å². The lowest BCUT2D eigenvalue weighted by atomic mass is 9.86. The van der Waals surface area contributed by atoms with E-state index in [2.05, 4.69) is 31.0 Å². The summed E-state index contributed by atoms with van der Waals surface area (Å²) in [6.07, 6.45) is 4.88. The van der Waals surface area contributed by atoms with Gasteiger partial charge in [0.2, 0.25) is 5.91 Å². The van der Waals surface area contributed by atoms with E-state index in [1.807, 2.05) is 36.4 Å². The van der Waals surface area contributed by atoms with E-state index in [0.29, 0.717) is 28.4 Å². The van der Waals surface area contributed by atoms with Gasteiger partial charge in [0.25, 0.3) is 0 Å². The fourth-order valence-electron chi connectivity index (χ4n) is 5.61. The normalized spacial score (nSPS) is 15.3. The van der Waals surface area contributed by atoms with E-state index in [9.17, 15) is 9.59 Å². The van der Waals surface area contributed by atoms with E-state index >= 15 is 0 Å². The molecule has 39 heavy (non-hydrogen) atoms. The molecule has 1 aliphatic heterocycles. The Kier molecular flexibility index (Phi) is 7.83. The number of carbonyl (C=O) groups is 2. The van der Waals surface area contributed by atoms with E-state index in [4.69, 9.17) is 9.47 Å². The molecule has 0 atom stereocenters.